The summed E-state index contributed by atoms with van der Waals surface area (Å²) in [7, 11) is 0. The molecule has 4 nitrogen and oxygen atoms in total. The van der Waals surface area contributed by atoms with Crippen LogP contribution >= 0.6 is 0 Å². The smallest absolute Gasteiger partial charge is 0.162 e. The minimum Gasteiger partial charge on any atom is -0.457 e. The van der Waals surface area contributed by atoms with Crippen molar-refractivity contribution in [1.82, 2.24) is 9.97 Å². The van der Waals surface area contributed by atoms with Crippen molar-refractivity contribution in [3.63, 3.8) is 0 Å². The van der Waals surface area contributed by atoms with E-state index in [-0.39, 0.29) is 0 Å². The molecule has 0 spiro atoms. The van der Waals surface area contributed by atoms with Gasteiger partial charge in [0, 0.05) is 16.6 Å². The molecule has 0 atom stereocenters. The number of aryl methyl sites for hydroxylation is 1. The van der Waals surface area contributed by atoms with Crippen LogP contribution in [0.5, 0.6) is 11.5 Å². The van der Waals surface area contributed by atoms with Crippen molar-refractivity contribution in [3.8, 4) is 22.9 Å². The van der Waals surface area contributed by atoms with Crippen LogP contribution in [-0.2, 0) is 0 Å². The average Bonchev–Trinajstić information content (AvgIpc) is 2.81. The fourth-order valence-corrected chi connectivity index (χ4v) is 3.45. The number of anilines is 2. The van der Waals surface area contributed by atoms with E-state index in [2.05, 4.69) is 24.4 Å². The van der Waals surface area contributed by atoms with E-state index in [4.69, 9.17) is 14.7 Å². The zero-order valence-corrected chi connectivity index (χ0v) is 17.1. The molecule has 1 N–H and O–H groups in total. The first-order valence-electron chi connectivity index (χ1n) is 10.2. The topological polar surface area (TPSA) is 47.0 Å². The number of aromatic nitrogens is 2. The highest BCUT2D eigenvalue weighted by Crippen LogP contribution is 2.29. The molecule has 5 rings (SSSR count). The molecule has 0 radical (unpaired) electrons. The van der Waals surface area contributed by atoms with E-state index in [0.717, 1.165) is 39.5 Å². The van der Waals surface area contributed by atoms with Gasteiger partial charge >= 0.3 is 0 Å². The maximum atomic E-state index is 5.89. The highest BCUT2D eigenvalue weighted by Gasteiger charge is 2.10. The van der Waals surface area contributed by atoms with Crippen LogP contribution in [0, 0.1) is 6.92 Å². The number of para-hydroxylation sites is 2. The summed E-state index contributed by atoms with van der Waals surface area (Å²) in [5, 5.41) is 4.43. The Morgan fingerprint density at radius 3 is 2.23 bits per heavy atom. The van der Waals surface area contributed by atoms with Gasteiger partial charge in [-0.15, -0.1) is 0 Å². The molecule has 0 amide bonds. The Morgan fingerprint density at radius 1 is 0.677 bits per heavy atom. The molecule has 31 heavy (non-hydrogen) atoms. The summed E-state index contributed by atoms with van der Waals surface area (Å²) in [6.45, 7) is 2.07. The van der Waals surface area contributed by atoms with Crippen LogP contribution in [0.2, 0.25) is 0 Å². The molecule has 0 bridgehead atoms. The summed E-state index contributed by atoms with van der Waals surface area (Å²) >= 11 is 0. The largest absolute Gasteiger partial charge is 0.457 e. The number of rotatable bonds is 5. The summed E-state index contributed by atoms with van der Waals surface area (Å²) in [6, 6.07) is 33.9. The first-order valence-corrected chi connectivity index (χ1v) is 10.2. The quantitative estimate of drug-likeness (QED) is 0.339. The van der Waals surface area contributed by atoms with Gasteiger partial charge < -0.3 is 10.1 Å². The number of nitrogens with one attached hydrogen (secondary N) is 1. The van der Waals surface area contributed by atoms with Crippen molar-refractivity contribution in [3.05, 3.63) is 109 Å². The van der Waals surface area contributed by atoms with Gasteiger partial charge in [-0.25, -0.2) is 9.97 Å². The zero-order chi connectivity index (χ0) is 21.0. The number of fused-ring (bicyclic) bond motifs is 1. The van der Waals surface area contributed by atoms with E-state index in [1.165, 1.54) is 5.56 Å². The number of ether oxygens (including phenoxy) is 1. The van der Waals surface area contributed by atoms with Gasteiger partial charge in [-0.1, -0.05) is 54.1 Å². The van der Waals surface area contributed by atoms with Crippen LogP contribution in [0.4, 0.5) is 11.5 Å². The molecule has 0 aliphatic carbocycles. The molecule has 150 valence electrons. The molecule has 5 aromatic rings. The van der Waals surface area contributed by atoms with E-state index in [1.807, 2.05) is 91.0 Å². The second kappa shape index (κ2) is 8.28. The minimum atomic E-state index is 0.703. The standard InChI is InChI=1S/C27H21N3O/c1-19-8-7-9-20(18-19)26-29-25-13-6-5-12-24(25)27(30-26)28-21-14-16-23(17-15-21)31-22-10-3-2-4-11-22/h2-18H,1H3,(H,28,29,30). The molecule has 0 aliphatic rings. The SMILES string of the molecule is Cc1cccc(-c2nc(Nc3ccc(Oc4ccccc4)cc3)c3ccccc3n2)c1. The predicted octanol–water partition coefficient (Wildman–Crippen LogP) is 7.14. The highest BCUT2D eigenvalue weighted by molar-refractivity contribution is 5.92. The van der Waals surface area contributed by atoms with Crippen LogP contribution in [0.3, 0.4) is 0 Å². The highest BCUT2D eigenvalue weighted by atomic mass is 16.5. The monoisotopic (exact) mass is 403 g/mol. The third-order valence-corrected chi connectivity index (χ3v) is 4.98. The van der Waals surface area contributed by atoms with Crippen LogP contribution in [0.15, 0.2) is 103 Å². The summed E-state index contributed by atoms with van der Waals surface area (Å²) < 4.78 is 5.89. The van der Waals surface area contributed by atoms with Crippen molar-refractivity contribution in [2.24, 2.45) is 0 Å². The molecular weight excluding hydrogens is 382 g/mol. The molecule has 1 aromatic heterocycles. The fraction of sp³-hybridized carbons (Fsp3) is 0.0370. The molecule has 4 aromatic carbocycles. The van der Waals surface area contributed by atoms with Crippen molar-refractivity contribution >= 4 is 22.4 Å². The Morgan fingerprint density at radius 2 is 1.42 bits per heavy atom. The lowest BCUT2D eigenvalue weighted by Crippen LogP contribution is -1.99. The second-order valence-corrected chi connectivity index (χ2v) is 7.35. The average molecular weight is 403 g/mol. The van der Waals surface area contributed by atoms with Crippen molar-refractivity contribution in [2.45, 2.75) is 6.92 Å². The molecule has 0 saturated heterocycles. The summed E-state index contributed by atoms with van der Waals surface area (Å²) in [4.78, 5) is 9.62. The van der Waals surface area contributed by atoms with Crippen molar-refractivity contribution in [1.29, 1.82) is 0 Å². The predicted molar refractivity (Wildman–Crippen MR) is 126 cm³/mol. The molecule has 4 heteroatoms. The van der Waals surface area contributed by atoms with E-state index < -0.39 is 0 Å². The molecular formula is C27H21N3O. The minimum absolute atomic E-state index is 0.703. The van der Waals surface area contributed by atoms with Gasteiger partial charge in [0.25, 0.3) is 0 Å². The summed E-state index contributed by atoms with van der Waals surface area (Å²) in [5.74, 6) is 3.07. The van der Waals surface area contributed by atoms with Gasteiger partial charge in [-0.2, -0.15) is 0 Å². The van der Waals surface area contributed by atoms with Gasteiger partial charge in [0.05, 0.1) is 5.52 Å². The first-order chi connectivity index (χ1) is 15.2. The van der Waals surface area contributed by atoms with Crippen LogP contribution in [0.25, 0.3) is 22.3 Å². The molecule has 0 aliphatic heterocycles. The lowest BCUT2D eigenvalue weighted by molar-refractivity contribution is 0.483. The van der Waals surface area contributed by atoms with Crippen molar-refractivity contribution in [2.75, 3.05) is 5.32 Å². The maximum Gasteiger partial charge on any atom is 0.162 e. The third kappa shape index (κ3) is 4.23. The van der Waals surface area contributed by atoms with Gasteiger partial charge in [0.2, 0.25) is 0 Å². The summed E-state index contributed by atoms with van der Waals surface area (Å²) in [6.07, 6.45) is 0. The Hall–Kier alpha value is -4.18. The second-order valence-electron chi connectivity index (χ2n) is 7.35. The van der Waals surface area contributed by atoms with Gasteiger partial charge in [-0.05, 0) is 61.5 Å². The third-order valence-electron chi connectivity index (χ3n) is 4.98. The Bertz CT molecular complexity index is 1330. The molecule has 0 fully saturated rings. The number of hydrogen-bond donors (Lipinski definition) is 1. The Kier molecular flexibility index (Phi) is 5.03. The lowest BCUT2D eigenvalue weighted by atomic mass is 10.1. The molecule has 0 unspecified atom stereocenters. The lowest BCUT2D eigenvalue weighted by Gasteiger charge is -2.12. The fourth-order valence-electron chi connectivity index (χ4n) is 3.45. The van der Waals surface area contributed by atoms with Crippen LogP contribution in [-0.4, -0.2) is 9.97 Å². The number of hydrogen-bond acceptors (Lipinski definition) is 4. The number of nitrogens with zero attached hydrogens (tertiary/aromatic N) is 2. The van der Waals surface area contributed by atoms with E-state index in [0.29, 0.717) is 5.82 Å². The Labute approximate surface area is 181 Å². The van der Waals surface area contributed by atoms with E-state index in [9.17, 15) is 0 Å². The zero-order valence-electron chi connectivity index (χ0n) is 17.1. The maximum absolute atomic E-state index is 5.89. The van der Waals surface area contributed by atoms with Crippen molar-refractivity contribution < 1.29 is 4.74 Å². The van der Waals surface area contributed by atoms with Gasteiger partial charge in [0.15, 0.2) is 5.82 Å². The van der Waals surface area contributed by atoms with Crippen LogP contribution < -0.4 is 10.1 Å². The molecule has 0 saturated carbocycles. The Balaban J connectivity index is 1.47. The van der Waals surface area contributed by atoms with E-state index >= 15 is 0 Å². The van der Waals surface area contributed by atoms with Crippen LogP contribution in [0.1, 0.15) is 5.56 Å². The van der Waals surface area contributed by atoms with Gasteiger partial charge in [0.1, 0.15) is 17.3 Å². The normalized spacial score (nSPS) is 10.7. The van der Waals surface area contributed by atoms with Gasteiger partial charge in [-0.3, -0.25) is 0 Å². The summed E-state index contributed by atoms with van der Waals surface area (Å²) in [5.41, 5.74) is 4.01. The molecule has 1 heterocycles. The first kappa shape index (κ1) is 18.8. The van der Waals surface area contributed by atoms with E-state index in [1.54, 1.807) is 0 Å². The number of benzene rings is 4.